The molecule has 7 heteroatoms. The number of amides is 1. The third-order valence-corrected chi connectivity index (χ3v) is 6.34. The van der Waals surface area contributed by atoms with Crippen LogP contribution in [0.25, 0.3) is 0 Å². The molecule has 0 unspecified atom stereocenters. The van der Waals surface area contributed by atoms with Crippen molar-refractivity contribution in [2.45, 2.75) is 90.7 Å². The average Bonchev–Trinajstić information content (AvgIpc) is 2.80. The van der Waals surface area contributed by atoms with E-state index < -0.39 is 11.4 Å². The normalized spacial score (nSPS) is 18.1. The summed E-state index contributed by atoms with van der Waals surface area (Å²) in [6.07, 6.45) is 7.56. The fourth-order valence-electron chi connectivity index (χ4n) is 4.51. The number of rotatable bonds is 9. The van der Waals surface area contributed by atoms with Gasteiger partial charge in [0.15, 0.2) is 5.78 Å². The van der Waals surface area contributed by atoms with E-state index in [-0.39, 0.29) is 23.5 Å². The van der Waals surface area contributed by atoms with Crippen LogP contribution in [-0.4, -0.2) is 28.5 Å². The number of nitrogens with one attached hydrogen (secondary N) is 2. The lowest BCUT2D eigenvalue weighted by Gasteiger charge is -2.30. The largest absolute Gasteiger partial charge is 0.444 e. The maximum Gasteiger partial charge on any atom is 0.407 e. The number of aromatic nitrogens is 1. The second kappa shape index (κ2) is 12.1. The Bertz CT molecular complexity index is 1010. The van der Waals surface area contributed by atoms with Crippen LogP contribution in [0.5, 0.6) is 0 Å². The van der Waals surface area contributed by atoms with Gasteiger partial charge in [-0.25, -0.2) is 14.2 Å². The number of Topliss-reactive ketones (excluding diaryl/α,β-unsaturated/α-hetero) is 1. The van der Waals surface area contributed by atoms with E-state index in [2.05, 4.69) is 22.5 Å². The van der Waals surface area contributed by atoms with Crippen LogP contribution in [0.1, 0.15) is 88.6 Å². The average molecular weight is 484 g/mol. The van der Waals surface area contributed by atoms with Crippen LogP contribution in [0, 0.1) is 11.7 Å². The quantitative estimate of drug-likeness (QED) is 0.377. The monoisotopic (exact) mass is 483 g/mol. The summed E-state index contributed by atoms with van der Waals surface area (Å²) in [5.41, 5.74) is 1.78. The molecule has 0 spiro atoms. The van der Waals surface area contributed by atoms with Gasteiger partial charge in [0.05, 0.1) is 11.8 Å². The van der Waals surface area contributed by atoms with E-state index in [0.717, 1.165) is 56.8 Å². The fraction of sp³-hybridized carbons (Fsp3) is 0.536. The first kappa shape index (κ1) is 26.6. The summed E-state index contributed by atoms with van der Waals surface area (Å²) >= 11 is 0. The number of pyridine rings is 1. The number of halogens is 1. The Labute approximate surface area is 208 Å². The van der Waals surface area contributed by atoms with E-state index >= 15 is 0 Å². The Morgan fingerprint density at radius 3 is 2.57 bits per heavy atom. The van der Waals surface area contributed by atoms with Crippen LogP contribution >= 0.6 is 0 Å². The van der Waals surface area contributed by atoms with Crippen LogP contribution < -0.4 is 10.6 Å². The molecule has 1 aromatic heterocycles. The zero-order valence-electron chi connectivity index (χ0n) is 21.3. The zero-order valence-corrected chi connectivity index (χ0v) is 21.3. The van der Waals surface area contributed by atoms with Crippen molar-refractivity contribution in [3.63, 3.8) is 0 Å². The summed E-state index contributed by atoms with van der Waals surface area (Å²) in [7, 11) is 0. The van der Waals surface area contributed by atoms with Gasteiger partial charge in [0.2, 0.25) is 0 Å². The number of anilines is 2. The first-order chi connectivity index (χ1) is 16.6. The molecule has 35 heavy (non-hydrogen) atoms. The maximum absolute atomic E-state index is 13.9. The van der Waals surface area contributed by atoms with Gasteiger partial charge in [0, 0.05) is 18.2 Å². The van der Waals surface area contributed by atoms with Gasteiger partial charge in [-0.05, 0) is 89.0 Å². The van der Waals surface area contributed by atoms with Gasteiger partial charge < -0.3 is 15.4 Å². The first-order valence-electron chi connectivity index (χ1n) is 12.7. The Hall–Kier alpha value is -2.96. The van der Waals surface area contributed by atoms with Gasteiger partial charge in [-0.3, -0.25) is 4.79 Å². The number of benzene rings is 1. The predicted molar refractivity (Wildman–Crippen MR) is 137 cm³/mol. The predicted octanol–water partition coefficient (Wildman–Crippen LogP) is 6.96. The smallest absolute Gasteiger partial charge is 0.407 e. The molecule has 190 valence electrons. The molecule has 0 bridgehead atoms. The molecule has 1 heterocycles. The molecule has 0 aliphatic heterocycles. The van der Waals surface area contributed by atoms with E-state index in [0.29, 0.717) is 18.2 Å². The summed E-state index contributed by atoms with van der Waals surface area (Å²) in [6, 6.07) is 9.32. The number of carbonyl (C=O) groups excluding carboxylic acids is 2. The number of ketones is 1. The van der Waals surface area contributed by atoms with Crippen LogP contribution in [0.4, 0.5) is 20.7 Å². The van der Waals surface area contributed by atoms with Crippen molar-refractivity contribution in [3.05, 3.63) is 53.5 Å². The number of hydrogen-bond donors (Lipinski definition) is 2. The highest BCUT2D eigenvalue weighted by Crippen LogP contribution is 2.29. The number of ether oxygens (including phenoxy) is 1. The van der Waals surface area contributed by atoms with Gasteiger partial charge in [0.1, 0.15) is 17.2 Å². The molecular weight excluding hydrogens is 445 g/mol. The summed E-state index contributed by atoms with van der Waals surface area (Å²) in [6.45, 7) is 7.64. The molecule has 1 fully saturated rings. The molecule has 2 N–H and O–H groups in total. The first-order valence-corrected chi connectivity index (χ1v) is 12.7. The molecule has 0 radical (unpaired) electrons. The number of nitrogens with zero attached hydrogens (tertiary/aromatic N) is 1. The number of alkyl carbamates (subject to hydrolysis) is 1. The molecule has 1 aliphatic rings. The highest BCUT2D eigenvalue weighted by Gasteiger charge is 2.25. The second-order valence-electron chi connectivity index (χ2n) is 10.4. The van der Waals surface area contributed by atoms with Crippen LogP contribution in [0.3, 0.4) is 0 Å². The minimum Gasteiger partial charge on any atom is -0.444 e. The Morgan fingerprint density at radius 2 is 1.89 bits per heavy atom. The standard InChI is InChI=1S/C28H38FN3O3/c1-5-19-8-6-10-23(16-19)31-26-24(17-21(29)18-30-26)25(33)11-7-9-20-12-14-22(15-13-20)32-27(34)35-28(2,3)4/h6,8,10,16-18,20,22H,5,7,9,11-15H2,1-4H3,(H,30,31)(H,32,34). The van der Waals surface area contributed by atoms with E-state index in [1.807, 2.05) is 45.0 Å². The van der Waals surface area contributed by atoms with Crippen molar-refractivity contribution in [1.82, 2.24) is 10.3 Å². The van der Waals surface area contributed by atoms with Crippen molar-refractivity contribution in [2.24, 2.45) is 5.92 Å². The molecule has 1 amide bonds. The van der Waals surface area contributed by atoms with Crippen LogP contribution in [-0.2, 0) is 11.2 Å². The van der Waals surface area contributed by atoms with Crippen molar-refractivity contribution >= 4 is 23.4 Å². The van der Waals surface area contributed by atoms with Gasteiger partial charge in [-0.2, -0.15) is 0 Å². The van der Waals surface area contributed by atoms with E-state index in [1.165, 1.54) is 11.6 Å². The van der Waals surface area contributed by atoms with Crippen LogP contribution in [0.15, 0.2) is 36.5 Å². The third-order valence-electron chi connectivity index (χ3n) is 6.34. The minimum atomic E-state index is -0.517. The lowest BCUT2D eigenvalue weighted by Crippen LogP contribution is -2.40. The van der Waals surface area contributed by atoms with E-state index in [1.54, 1.807) is 0 Å². The Kier molecular flexibility index (Phi) is 9.24. The highest BCUT2D eigenvalue weighted by molar-refractivity contribution is 6.00. The zero-order chi connectivity index (χ0) is 25.4. The fourth-order valence-corrected chi connectivity index (χ4v) is 4.51. The molecule has 1 saturated carbocycles. The minimum absolute atomic E-state index is 0.105. The Morgan fingerprint density at radius 1 is 1.14 bits per heavy atom. The number of carbonyl (C=O) groups is 2. The van der Waals surface area contributed by atoms with Gasteiger partial charge in [0.25, 0.3) is 0 Å². The highest BCUT2D eigenvalue weighted by atomic mass is 19.1. The van der Waals surface area contributed by atoms with E-state index in [9.17, 15) is 14.0 Å². The van der Waals surface area contributed by atoms with Crippen molar-refractivity contribution in [3.8, 4) is 0 Å². The molecule has 6 nitrogen and oxygen atoms in total. The van der Waals surface area contributed by atoms with Crippen molar-refractivity contribution in [2.75, 3.05) is 5.32 Å². The third kappa shape index (κ3) is 8.64. The Balaban J connectivity index is 1.48. The SMILES string of the molecule is CCc1cccc(Nc2ncc(F)cc2C(=O)CCCC2CCC(NC(=O)OC(C)(C)C)CC2)c1. The van der Waals surface area contributed by atoms with Crippen LogP contribution in [0.2, 0.25) is 0 Å². The summed E-state index contributed by atoms with van der Waals surface area (Å²) in [5, 5.41) is 6.15. The van der Waals surface area contributed by atoms with Crippen molar-refractivity contribution in [1.29, 1.82) is 0 Å². The summed E-state index contributed by atoms with van der Waals surface area (Å²) in [5.74, 6) is 0.293. The summed E-state index contributed by atoms with van der Waals surface area (Å²) in [4.78, 5) is 29.1. The molecule has 3 rings (SSSR count). The summed E-state index contributed by atoms with van der Waals surface area (Å²) < 4.78 is 19.3. The molecule has 0 atom stereocenters. The van der Waals surface area contributed by atoms with Crippen molar-refractivity contribution < 1.29 is 18.7 Å². The molecule has 2 aromatic rings. The van der Waals surface area contributed by atoms with Gasteiger partial charge >= 0.3 is 6.09 Å². The topological polar surface area (TPSA) is 80.3 Å². The number of aryl methyl sites for hydroxylation is 1. The van der Waals surface area contributed by atoms with Gasteiger partial charge in [-0.15, -0.1) is 0 Å². The van der Waals surface area contributed by atoms with Gasteiger partial charge in [-0.1, -0.05) is 25.5 Å². The lowest BCUT2D eigenvalue weighted by molar-refractivity contribution is 0.0486. The molecule has 1 aliphatic carbocycles. The number of hydrogen-bond acceptors (Lipinski definition) is 5. The second-order valence-corrected chi connectivity index (χ2v) is 10.4. The molecular formula is C28H38FN3O3. The molecule has 0 saturated heterocycles. The lowest BCUT2D eigenvalue weighted by atomic mass is 9.83. The van der Waals surface area contributed by atoms with E-state index in [4.69, 9.17) is 4.74 Å². The molecule has 1 aromatic carbocycles. The maximum atomic E-state index is 13.9.